The summed E-state index contributed by atoms with van der Waals surface area (Å²) in [5.74, 6) is 0.325. The first-order valence-corrected chi connectivity index (χ1v) is 7.13. The first-order valence-electron chi connectivity index (χ1n) is 6.37. The molecule has 0 aromatic heterocycles. The Balaban J connectivity index is 1.81. The summed E-state index contributed by atoms with van der Waals surface area (Å²) in [5, 5.41) is 4.43. The number of benzene rings is 1. The largest absolute Gasteiger partial charge is 0.307 e. The van der Waals surface area contributed by atoms with E-state index in [1.807, 2.05) is 12.1 Å². The van der Waals surface area contributed by atoms with E-state index in [1.165, 1.54) is 0 Å². The molecule has 0 spiro atoms. The van der Waals surface area contributed by atoms with Gasteiger partial charge in [-0.05, 0) is 43.9 Å². The van der Waals surface area contributed by atoms with E-state index in [9.17, 15) is 4.79 Å². The molecule has 0 amide bonds. The molecule has 1 aliphatic heterocycles. The molecule has 0 saturated carbocycles. The zero-order valence-corrected chi connectivity index (χ0v) is 11.7. The molecule has 0 unspecified atom stereocenters. The molecular formula is C14H17Cl2NO. The van der Waals surface area contributed by atoms with Gasteiger partial charge < -0.3 is 5.32 Å². The summed E-state index contributed by atoms with van der Waals surface area (Å²) in [4.78, 5) is 11.9. The van der Waals surface area contributed by atoms with Gasteiger partial charge in [-0.25, -0.2) is 0 Å². The van der Waals surface area contributed by atoms with Crippen LogP contribution in [0.15, 0.2) is 18.2 Å². The van der Waals surface area contributed by atoms with Crippen molar-refractivity contribution in [2.45, 2.75) is 38.1 Å². The molecule has 1 saturated heterocycles. The predicted molar refractivity (Wildman–Crippen MR) is 75.4 cm³/mol. The van der Waals surface area contributed by atoms with E-state index in [1.54, 1.807) is 6.07 Å². The monoisotopic (exact) mass is 285 g/mol. The summed E-state index contributed by atoms with van der Waals surface area (Å²) < 4.78 is 0. The summed E-state index contributed by atoms with van der Waals surface area (Å²) in [6, 6.07) is 5.72. The maximum Gasteiger partial charge on any atom is 0.149 e. The van der Waals surface area contributed by atoms with Crippen LogP contribution in [0.25, 0.3) is 0 Å². The number of carbonyl (C=O) groups excluding carboxylic acids is 1. The van der Waals surface area contributed by atoms with Crippen molar-refractivity contribution in [1.29, 1.82) is 0 Å². The number of rotatable bonds is 5. The molecule has 1 aromatic carbocycles. The van der Waals surface area contributed by atoms with Crippen molar-refractivity contribution in [3.63, 3.8) is 0 Å². The quantitative estimate of drug-likeness (QED) is 0.895. The maximum atomic E-state index is 11.9. The fraction of sp³-hybridized carbons (Fsp3) is 0.500. The molecule has 1 fully saturated rings. The SMILES string of the molecule is O=C(CCCc1cccc(Cl)c1Cl)[C@@H]1CCCN1. The summed E-state index contributed by atoms with van der Waals surface area (Å²) in [5.41, 5.74) is 1.02. The van der Waals surface area contributed by atoms with Gasteiger partial charge in [0.2, 0.25) is 0 Å². The number of Topliss-reactive ketones (excluding diaryl/α,β-unsaturated/α-hetero) is 1. The van der Waals surface area contributed by atoms with Crippen LogP contribution in [-0.4, -0.2) is 18.4 Å². The Morgan fingerprint density at radius 1 is 1.39 bits per heavy atom. The Morgan fingerprint density at radius 2 is 2.22 bits per heavy atom. The normalized spacial score (nSPS) is 19.1. The number of aryl methyl sites for hydroxylation is 1. The van der Waals surface area contributed by atoms with Crippen molar-refractivity contribution in [3.8, 4) is 0 Å². The van der Waals surface area contributed by atoms with Crippen LogP contribution >= 0.6 is 23.2 Å². The summed E-state index contributed by atoms with van der Waals surface area (Å²) >= 11 is 12.1. The number of carbonyl (C=O) groups is 1. The minimum atomic E-state index is 0.0832. The van der Waals surface area contributed by atoms with E-state index < -0.39 is 0 Å². The van der Waals surface area contributed by atoms with Crippen molar-refractivity contribution in [3.05, 3.63) is 33.8 Å². The summed E-state index contributed by atoms with van der Waals surface area (Å²) in [6.45, 7) is 0.969. The first kappa shape index (κ1) is 13.9. The zero-order chi connectivity index (χ0) is 13.0. The van der Waals surface area contributed by atoms with Crippen LogP contribution in [0.2, 0.25) is 10.0 Å². The van der Waals surface area contributed by atoms with Gasteiger partial charge in [0.15, 0.2) is 0 Å². The maximum absolute atomic E-state index is 11.9. The predicted octanol–water partition coefficient (Wildman–Crippen LogP) is 3.64. The minimum absolute atomic E-state index is 0.0832. The van der Waals surface area contributed by atoms with E-state index in [0.717, 1.165) is 37.8 Å². The highest BCUT2D eigenvalue weighted by Gasteiger charge is 2.21. The second-order valence-corrected chi connectivity index (χ2v) is 5.47. The molecule has 1 aromatic rings. The second-order valence-electron chi connectivity index (χ2n) is 4.68. The van der Waals surface area contributed by atoms with Gasteiger partial charge in [0.25, 0.3) is 0 Å². The van der Waals surface area contributed by atoms with Crippen LogP contribution in [-0.2, 0) is 11.2 Å². The van der Waals surface area contributed by atoms with Crippen LogP contribution in [0.1, 0.15) is 31.2 Å². The van der Waals surface area contributed by atoms with Crippen LogP contribution < -0.4 is 5.32 Å². The molecule has 18 heavy (non-hydrogen) atoms. The zero-order valence-electron chi connectivity index (χ0n) is 10.2. The van der Waals surface area contributed by atoms with E-state index in [4.69, 9.17) is 23.2 Å². The van der Waals surface area contributed by atoms with Crippen molar-refractivity contribution in [1.82, 2.24) is 5.32 Å². The third kappa shape index (κ3) is 3.47. The number of hydrogen-bond donors (Lipinski definition) is 1. The van der Waals surface area contributed by atoms with Crippen molar-refractivity contribution < 1.29 is 4.79 Å². The Morgan fingerprint density at radius 3 is 2.94 bits per heavy atom. The average molecular weight is 286 g/mol. The van der Waals surface area contributed by atoms with E-state index in [0.29, 0.717) is 22.2 Å². The van der Waals surface area contributed by atoms with Crippen LogP contribution in [0, 0.1) is 0 Å². The van der Waals surface area contributed by atoms with Gasteiger partial charge in [0.05, 0.1) is 16.1 Å². The Bertz CT molecular complexity index is 428. The smallest absolute Gasteiger partial charge is 0.149 e. The Labute approximate surface area is 118 Å². The lowest BCUT2D eigenvalue weighted by atomic mass is 10.0. The lowest BCUT2D eigenvalue weighted by Gasteiger charge is -2.09. The van der Waals surface area contributed by atoms with Crippen molar-refractivity contribution in [2.75, 3.05) is 6.54 Å². The molecule has 1 atom stereocenters. The third-order valence-electron chi connectivity index (χ3n) is 3.35. The standard InChI is InChI=1S/C14H17Cl2NO/c15-11-6-1-4-10(14(11)16)5-2-8-13(18)12-7-3-9-17-12/h1,4,6,12,17H,2-3,5,7-9H2/t12-/m0/s1. The van der Waals surface area contributed by atoms with Gasteiger partial charge in [-0.1, -0.05) is 35.3 Å². The molecule has 1 aliphatic rings. The van der Waals surface area contributed by atoms with Gasteiger partial charge in [0.1, 0.15) is 5.78 Å². The number of hydrogen-bond acceptors (Lipinski definition) is 2. The van der Waals surface area contributed by atoms with Crippen molar-refractivity contribution >= 4 is 29.0 Å². The van der Waals surface area contributed by atoms with Gasteiger partial charge >= 0.3 is 0 Å². The topological polar surface area (TPSA) is 29.1 Å². The molecule has 0 aliphatic carbocycles. The fourth-order valence-electron chi connectivity index (χ4n) is 2.33. The third-order valence-corrected chi connectivity index (χ3v) is 4.21. The Hall–Kier alpha value is -0.570. The molecule has 0 radical (unpaired) electrons. The summed E-state index contributed by atoms with van der Waals surface area (Å²) in [6.07, 6.45) is 4.34. The molecule has 2 nitrogen and oxygen atoms in total. The minimum Gasteiger partial charge on any atom is -0.307 e. The molecule has 1 heterocycles. The molecular weight excluding hydrogens is 269 g/mol. The lowest BCUT2D eigenvalue weighted by Crippen LogP contribution is -2.30. The summed E-state index contributed by atoms with van der Waals surface area (Å²) in [7, 11) is 0. The highest BCUT2D eigenvalue weighted by molar-refractivity contribution is 6.42. The molecule has 4 heteroatoms. The van der Waals surface area contributed by atoms with Gasteiger partial charge in [-0.2, -0.15) is 0 Å². The fourth-order valence-corrected chi connectivity index (χ4v) is 2.74. The van der Waals surface area contributed by atoms with Crippen LogP contribution in [0.5, 0.6) is 0 Å². The van der Waals surface area contributed by atoms with E-state index in [-0.39, 0.29) is 6.04 Å². The van der Waals surface area contributed by atoms with Crippen LogP contribution in [0.3, 0.4) is 0 Å². The second kappa shape index (κ2) is 6.55. The van der Waals surface area contributed by atoms with Crippen LogP contribution in [0.4, 0.5) is 0 Å². The highest BCUT2D eigenvalue weighted by Crippen LogP contribution is 2.26. The Kier molecular flexibility index (Phi) is 5.04. The van der Waals surface area contributed by atoms with E-state index in [2.05, 4.69) is 5.32 Å². The molecule has 98 valence electrons. The molecule has 1 N–H and O–H groups in total. The average Bonchev–Trinajstić information content (AvgIpc) is 2.88. The lowest BCUT2D eigenvalue weighted by molar-refractivity contribution is -0.120. The van der Waals surface area contributed by atoms with E-state index >= 15 is 0 Å². The first-order chi connectivity index (χ1) is 8.68. The van der Waals surface area contributed by atoms with Crippen molar-refractivity contribution in [2.24, 2.45) is 0 Å². The number of halogens is 2. The van der Waals surface area contributed by atoms with Gasteiger partial charge in [-0.3, -0.25) is 4.79 Å². The highest BCUT2D eigenvalue weighted by atomic mass is 35.5. The van der Waals surface area contributed by atoms with Gasteiger partial charge in [0, 0.05) is 6.42 Å². The van der Waals surface area contributed by atoms with Gasteiger partial charge in [-0.15, -0.1) is 0 Å². The number of nitrogens with one attached hydrogen (secondary N) is 1. The number of ketones is 1. The molecule has 2 rings (SSSR count). The molecule has 0 bridgehead atoms.